The lowest BCUT2D eigenvalue weighted by Crippen LogP contribution is -2.15. The zero-order valence-corrected chi connectivity index (χ0v) is 11.7. The van der Waals surface area contributed by atoms with E-state index in [1.54, 1.807) is 6.20 Å². The van der Waals surface area contributed by atoms with E-state index in [0.717, 1.165) is 23.9 Å². The van der Waals surface area contributed by atoms with Crippen molar-refractivity contribution in [2.24, 2.45) is 11.8 Å². The summed E-state index contributed by atoms with van der Waals surface area (Å²) in [6.45, 7) is 0.939. The Bertz CT molecular complexity index is 558. The van der Waals surface area contributed by atoms with Crippen LogP contribution in [-0.4, -0.2) is 20.9 Å². The molecule has 1 fully saturated rings. The standard InChI is InChI=1S/C14H22N6/c15-19-12-10-20-9-8-17-14(20)13(18-12)16-7-6-11-4-2-1-3-5-11/h8-11,19H,1-7,15H2,(H,16,18). The molecule has 0 saturated heterocycles. The van der Waals surface area contributed by atoms with E-state index in [2.05, 4.69) is 20.7 Å². The molecule has 20 heavy (non-hydrogen) atoms. The number of imidazole rings is 1. The summed E-state index contributed by atoms with van der Waals surface area (Å²) in [5.41, 5.74) is 3.43. The molecule has 1 saturated carbocycles. The number of nitrogen functional groups attached to an aromatic ring is 1. The van der Waals surface area contributed by atoms with Gasteiger partial charge in [-0.3, -0.25) is 0 Å². The predicted molar refractivity (Wildman–Crippen MR) is 80.5 cm³/mol. The summed E-state index contributed by atoms with van der Waals surface area (Å²) in [6, 6.07) is 0. The number of hydrogen-bond donors (Lipinski definition) is 3. The molecule has 0 unspecified atom stereocenters. The van der Waals surface area contributed by atoms with Crippen LogP contribution < -0.4 is 16.6 Å². The molecular formula is C14H22N6. The van der Waals surface area contributed by atoms with E-state index in [-0.39, 0.29) is 0 Å². The maximum atomic E-state index is 5.45. The Kier molecular flexibility index (Phi) is 4.01. The third-order valence-electron chi connectivity index (χ3n) is 4.09. The molecule has 2 aromatic rings. The van der Waals surface area contributed by atoms with Crippen LogP contribution in [0.3, 0.4) is 0 Å². The molecule has 4 N–H and O–H groups in total. The van der Waals surface area contributed by atoms with Crippen LogP contribution in [0.15, 0.2) is 18.6 Å². The molecule has 1 aliphatic carbocycles. The quantitative estimate of drug-likeness (QED) is 0.576. The first-order chi connectivity index (χ1) is 9.86. The van der Waals surface area contributed by atoms with Crippen molar-refractivity contribution in [1.82, 2.24) is 14.4 Å². The van der Waals surface area contributed by atoms with Crippen LogP contribution in [0.2, 0.25) is 0 Å². The number of nitrogens with two attached hydrogens (primary N) is 1. The zero-order valence-electron chi connectivity index (χ0n) is 11.7. The van der Waals surface area contributed by atoms with E-state index in [9.17, 15) is 0 Å². The van der Waals surface area contributed by atoms with Crippen molar-refractivity contribution in [3.63, 3.8) is 0 Å². The van der Waals surface area contributed by atoms with Gasteiger partial charge in [0.2, 0.25) is 0 Å². The van der Waals surface area contributed by atoms with Crippen LogP contribution in [0, 0.1) is 5.92 Å². The second kappa shape index (κ2) is 6.09. The number of hydrogen-bond acceptors (Lipinski definition) is 5. The minimum Gasteiger partial charge on any atom is -0.367 e. The van der Waals surface area contributed by atoms with Crippen molar-refractivity contribution in [2.45, 2.75) is 38.5 Å². The number of nitrogens with one attached hydrogen (secondary N) is 2. The number of hydrazine groups is 1. The van der Waals surface area contributed by atoms with Crippen LogP contribution in [0.1, 0.15) is 38.5 Å². The van der Waals surface area contributed by atoms with E-state index >= 15 is 0 Å². The first-order valence-electron chi connectivity index (χ1n) is 7.41. The number of rotatable bonds is 5. The molecule has 0 amide bonds. The Morgan fingerprint density at radius 2 is 2.15 bits per heavy atom. The minimum atomic E-state index is 0.635. The Morgan fingerprint density at radius 1 is 1.30 bits per heavy atom. The lowest BCUT2D eigenvalue weighted by molar-refractivity contribution is 0.345. The Balaban J connectivity index is 1.65. The van der Waals surface area contributed by atoms with Crippen molar-refractivity contribution in [2.75, 3.05) is 17.3 Å². The van der Waals surface area contributed by atoms with E-state index < -0.39 is 0 Å². The highest BCUT2D eigenvalue weighted by Crippen LogP contribution is 2.26. The molecule has 1 aliphatic rings. The number of nitrogens with zero attached hydrogens (tertiary/aromatic N) is 3. The van der Waals surface area contributed by atoms with Crippen molar-refractivity contribution in [3.8, 4) is 0 Å². The van der Waals surface area contributed by atoms with Gasteiger partial charge in [-0.15, -0.1) is 0 Å². The van der Waals surface area contributed by atoms with E-state index in [1.165, 1.54) is 38.5 Å². The second-order valence-corrected chi connectivity index (χ2v) is 5.50. The van der Waals surface area contributed by atoms with Gasteiger partial charge >= 0.3 is 0 Å². The average Bonchev–Trinajstić information content (AvgIpc) is 2.96. The van der Waals surface area contributed by atoms with Crippen molar-refractivity contribution in [3.05, 3.63) is 18.6 Å². The summed E-state index contributed by atoms with van der Waals surface area (Å²) in [4.78, 5) is 8.77. The third kappa shape index (κ3) is 2.85. The van der Waals surface area contributed by atoms with Gasteiger partial charge in [0.1, 0.15) is 0 Å². The smallest absolute Gasteiger partial charge is 0.180 e. The topological polar surface area (TPSA) is 80.3 Å². The first-order valence-corrected chi connectivity index (χ1v) is 7.41. The average molecular weight is 274 g/mol. The van der Waals surface area contributed by atoms with Crippen LogP contribution in [0.4, 0.5) is 11.6 Å². The molecule has 108 valence electrons. The maximum absolute atomic E-state index is 5.45. The monoisotopic (exact) mass is 274 g/mol. The Hall–Kier alpha value is -1.82. The van der Waals surface area contributed by atoms with Crippen LogP contribution >= 0.6 is 0 Å². The van der Waals surface area contributed by atoms with E-state index in [4.69, 9.17) is 5.84 Å². The molecule has 0 radical (unpaired) electrons. The highest BCUT2D eigenvalue weighted by molar-refractivity contribution is 5.65. The van der Waals surface area contributed by atoms with Gasteiger partial charge in [-0.05, 0) is 12.3 Å². The summed E-state index contributed by atoms with van der Waals surface area (Å²) in [6.07, 6.45) is 13.6. The number of anilines is 2. The second-order valence-electron chi connectivity index (χ2n) is 5.50. The molecule has 6 heteroatoms. The summed E-state index contributed by atoms with van der Waals surface area (Å²) < 4.78 is 1.92. The van der Waals surface area contributed by atoms with Crippen LogP contribution in [-0.2, 0) is 0 Å². The predicted octanol–water partition coefficient (Wildman–Crippen LogP) is 2.40. The Labute approximate surface area is 118 Å². The third-order valence-corrected chi connectivity index (χ3v) is 4.09. The molecule has 0 bridgehead atoms. The lowest BCUT2D eigenvalue weighted by atomic mass is 9.87. The highest BCUT2D eigenvalue weighted by Gasteiger charge is 2.13. The lowest BCUT2D eigenvalue weighted by Gasteiger charge is -2.21. The fraction of sp³-hybridized carbons (Fsp3) is 0.571. The molecule has 2 aromatic heterocycles. The highest BCUT2D eigenvalue weighted by atomic mass is 15.3. The summed E-state index contributed by atoms with van der Waals surface area (Å²) >= 11 is 0. The van der Waals surface area contributed by atoms with Gasteiger partial charge in [-0.2, -0.15) is 0 Å². The Morgan fingerprint density at radius 3 is 2.95 bits per heavy atom. The SMILES string of the molecule is NNc1cn2ccnc2c(NCCC2CCCCC2)n1. The molecule has 0 spiro atoms. The van der Waals surface area contributed by atoms with Gasteiger partial charge in [0, 0.05) is 18.9 Å². The van der Waals surface area contributed by atoms with Crippen molar-refractivity contribution >= 4 is 17.3 Å². The fourth-order valence-corrected chi connectivity index (χ4v) is 2.99. The minimum absolute atomic E-state index is 0.635. The maximum Gasteiger partial charge on any atom is 0.180 e. The van der Waals surface area contributed by atoms with Gasteiger partial charge in [0.05, 0.1) is 6.20 Å². The molecule has 0 aromatic carbocycles. The van der Waals surface area contributed by atoms with Crippen LogP contribution in [0.25, 0.3) is 5.65 Å². The largest absolute Gasteiger partial charge is 0.367 e. The van der Waals surface area contributed by atoms with Gasteiger partial charge in [0.15, 0.2) is 17.3 Å². The van der Waals surface area contributed by atoms with E-state index in [1.807, 2.05) is 16.8 Å². The fourth-order valence-electron chi connectivity index (χ4n) is 2.99. The molecule has 6 nitrogen and oxygen atoms in total. The molecule has 2 heterocycles. The molecule has 3 rings (SSSR count). The van der Waals surface area contributed by atoms with Crippen LogP contribution in [0.5, 0.6) is 0 Å². The molecule has 0 atom stereocenters. The summed E-state index contributed by atoms with van der Waals surface area (Å²) in [5.74, 6) is 7.74. The first kappa shape index (κ1) is 13.2. The van der Waals surface area contributed by atoms with Gasteiger partial charge in [0.25, 0.3) is 0 Å². The zero-order chi connectivity index (χ0) is 13.8. The summed E-state index contributed by atoms with van der Waals surface area (Å²) in [7, 11) is 0. The number of fused-ring (bicyclic) bond motifs is 1. The van der Waals surface area contributed by atoms with Gasteiger partial charge in [-0.25, -0.2) is 15.8 Å². The van der Waals surface area contributed by atoms with Crippen molar-refractivity contribution in [1.29, 1.82) is 0 Å². The summed E-state index contributed by atoms with van der Waals surface area (Å²) in [5, 5.41) is 3.41. The van der Waals surface area contributed by atoms with Gasteiger partial charge in [-0.1, -0.05) is 32.1 Å². The van der Waals surface area contributed by atoms with E-state index in [0.29, 0.717) is 5.82 Å². The normalized spacial score (nSPS) is 16.4. The van der Waals surface area contributed by atoms with Gasteiger partial charge < -0.3 is 15.1 Å². The van der Waals surface area contributed by atoms with Crippen molar-refractivity contribution < 1.29 is 0 Å². The number of aromatic nitrogens is 3. The molecular weight excluding hydrogens is 252 g/mol. The molecule has 0 aliphatic heterocycles.